The van der Waals surface area contributed by atoms with Crippen LogP contribution in [-0.2, 0) is 6.18 Å². The van der Waals surface area contributed by atoms with Crippen LogP contribution in [-0.4, -0.2) is 9.13 Å². The zero-order valence-corrected chi connectivity index (χ0v) is 39.2. The molecule has 348 valence electrons. The molecule has 2 aromatic heterocycles. The highest BCUT2D eigenvalue weighted by atomic mass is 19.4. The fourth-order valence-corrected chi connectivity index (χ4v) is 10.5. The van der Waals surface area contributed by atoms with Crippen LogP contribution in [0.25, 0.3) is 119 Å². The molecule has 12 heteroatoms. The molecule has 2 heterocycles. The highest BCUT2D eigenvalue weighted by Crippen LogP contribution is 2.47. The highest BCUT2D eigenvalue weighted by molar-refractivity contribution is 6.13. The summed E-state index contributed by atoms with van der Waals surface area (Å²) < 4.78 is 48.9. The van der Waals surface area contributed by atoms with Crippen LogP contribution in [0.2, 0.25) is 0 Å². The Balaban J connectivity index is 1.19. The van der Waals surface area contributed by atoms with Crippen LogP contribution in [0.3, 0.4) is 0 Å². The van der Waals surface area contributed by atoms with Gasteiger partial charge in [0.05, 0.1) is 83.4 Å². The molecule has 0 aliphatic carbocycles. The van der Waals surface area contributed by atoms with E-state index in [1.54, 1.807) is 43.3 Å². The van der Waals surface area contributed by atoms with Gasteiger partial charge in [-0.3, -0.25) is 0 Å². The van der Waals surface area contributed by atoms with Crippen LogP contribution in [0.1, 0.15) is 27.8 Å². The first-order valence-electron chi connectivity index (χ1n) is 23.0. The van der Waals surface area contributed by atoms with E-state index in [4.69, 9.17) is 26.3 Å². The molecule has 0 aliphatic heterocycles. The second kappa shape index (κ2) is 17.9. The second-order valence-corrected chi connectivity index (χ2v) is 17.7. The molecule has 0 bridgehead atoms. The van der Waals surface area contributed by atoms with Crippen LogP contribution in [0.15, 0.2) is 164 Å². The van der Waals surface area contributed by atoms with Crippen molar-refractivity contribution >= 4 is 66.4 Å². The molecule has 0 spiro atoms. The van der Waals surface area contributed by atoms with Crippen molar-refractivity contribution in [2.75, 3.05) is 0 Å². The van der Waals surface area contributed by atoms with Gasteiger partial charge in [-0.15, -0.1) is 0 Å². The van der Waals surface area contributed by atoms with E-state index in [1.807, 2.05) is 106 Å². The van der Waals surface area contributed by atoms with E-state index in [-0.39, 0.29) is 50.6 Å². The summed E-state index contributed by atoms with van der Waals surface area (Å²) in [7, 11) is 0. The number of nitriles is 3. The molecule has 0 unspecified atom stereocenters. The zero-order chi connectivity index (χ0) is 52.3. The third-order valence-electron chi connectivity index (χ3n) is 13.6. The summed E-state index contributed by atoms with van der Waals surface area (Å²) in [6.07, 6.45) is -4.69. The number of halogens is 3. The highest BCUT2D eigenvalue weighted by Gasteiger charge is 2.34. The Morgan fingerprint density at radius 2 is 1.01 bits per heavy atom. The number of para-hydroxylation sites is 2. The summed E-state index contributed by atoms with van der Waals surface area (Å²) in [6.45, 7) is 33.7. The minimum Gasteiger partial charge on any atom is -0.309 e. The number of aromatic nitrogens is 2. The molecule has 9 nitrogen and oxygen atoms in total. The first-order chi connectivity index (χ1) is 36.4. The second-order valence-electron chi connectivity index (χ2n) is 17.7. The van der Waals surface area contributed by atoms with Gasteiger partial charge in [-0.25, -0.2) is 19.4 Å². The zero-order valence-electron chi connectivity index (χ0n) is 39.2. The van der Waals surface area contributed by atoms with E-state index < -0.39 is 11.7 Å². The lowest BCUT2D eigenvalue weighted by Gasteiger charge is -2.20. The number of benzene rings is 9. The summed E-state index contributed by atoms with van der Waals surface area (Å²) in [5.41, 5.74) is 8.21. The van der Waals surface area contributed by atoms with Gasteiger partial charge in [0.15, 0.2) is 22.7 Å². The Morgan fingerprint density at radius 1 is 0.453 bits per heavy atom. The summed E-state index contributed by atoms with van der Waals surface area (Å²) in [5.74, 6) is 0. The molecule has 0 amide bonds. The fourth-order valence-electron chi connectivity index (χ4n) is 10.5. The van der Waals surface area contributed by atoms with Gasteiger partial charge in [0.1, 0.15) is 0 Å². The Labute approximate surface area is 427 Å². The number of aryl methyl sites for hydroxylation is 1. The Hall–Kier alpha value is -11.2. The molecule has 11 aromatic rings. The van der Waals surface area contributed by atoms with Gasteiger partial charge >= 0.3 is 6.18 Å². The largest absolute Gasteiger partial charge is 0.417 e. The first kappa shape index (κ1) is 46.2. The summed E-state index contributed by atoms with van der Waals surface area (Å²) >= 11 is 0. The van der Waals surface area contributed by atoms with Crippen molar-refractivity contribution in [3.8, 4) is 74.1 Å². The molecule has 9 aromatic carbocycles. The van der Waals surface area contributed by atoms with Crippen molar-refractivity contribution in [1.29, 1.82) is 15.8 Å². The molecule has 0 saturated carbocycles. The van der Waals surface area contributed by atoms with E-state index in [0.717, 1.165) is 44.2 Å². The predicted molar refractivity (Wildman–Crippen MR) is 286 cm³/mol. The van der Waals surface area contributed by atoms with Gasteiger partial charge in [0.2, 0.25) is 0 Å². The number of alkyl halides is 3. The first-order valence-corrected chi connectivity index (χ1v) is 23.0. The monoisotopic (exact) mass is 969 g/mol. The maximum Gasteiger partial charge on any atom is 0.417 e. The molecule has 0 atom stereocenters. The molecular weight excluding hydrogens is 940 g/mol. The summed E-state index contributed by atoms with van der Waals surface area (Å²) in [5, 5.41) is 33.3. The van der Waals surface area contributed by atoms with E-state index in [9.17, 15) is 29.0 Å². The summed E-state index contributed by atoms with van der Waals surface area (Å²) in [6, 6.07) is 53.5. The van der Waals surface area contributed by atoms with Crippen LogP contribution < -0.4 is 0 Å². The molecule has 0 radical (unpaired) electrons. The third kappa shape index (κ3) is 7.43. The Morgan fingerprint density at radius 3 is 1.61 bits per heavy atom. The van der Waals surface area contributed by atoms with Crippen molar-refractivity contribution in [3.05, 3.63) is 237 Å². The molecule has 11 rings (SSSR count). The van der Waals surface area contributed by atoms with Crippen LogP contribution in [0, 0.1) is 67.2 Å². The van der Waals surface area contributed by atoms with E-state index in [1.165, 1.54) is 30.3 Å². The minimum absolute atomic E-state index is 0.000259. The number of nitrogens with zero attached hydrogens (tertiary/aromatic N) is 9. The average molecular weight is 970 g/mol. The van der Waals surface area contributed by atoms with Gasteiger partial charge in [-0.2, -0.15) is 29.0 Å². The molecule has 0 N–H and O–H groups in total. The normalized spacial score (nSPS) is 11.1. The van der Waals surface area contributed by atoms with Gasteiger partial charge in [0.25, 0.3) is 0 Å². The SMILES string of the molecule is [C-]#[N+]c1cc(C#N)c(-c2ccc3c(c2)c2ccccc2n3-c2ccc(-c3c(C)cccc3C(F)(F)F)cc2-c2cc(-n3c4ccccc4c4cc(-c5c(C#N)cc(C#N)cc5[N+]#[C-])ccc43)ccc2[N+]#[C-])c([N+]#[C-])c1. The Kier molecular flexibility index (Phi) is 11.0. The maximum atomic E-state index is 15.0. The van der Waals surface area contributed by atoms with Crippen LogP contribution >= 0.6 is 0 Å². The van der Waals surface area contributed by atoms with E-state index in [2.05, 4.69) is 31.5 Å². The van der Waals surface area contributed by atoms with E-state index in [0.29, 0.717) is 55.8 Å². The number of fused-ring (bicyclic) bond motifs is 6. The molecule has 75 heavy (non-hydrogen) atoms. The predicted octanol–water partition coefficient (Wildman–Crippen LogP) is 17.7. The van der Waals surface area contributed by atoms with Crippen LogP contribution in [0.5, 0.6) is 0 Å². The number of hydrogen-bond donors (Lipinski definition) is 0. The smallest absolute Gasteiger partial charge is 0.309 e. The van der Waals surface area contributed by atoms with Crippen molar-refractivity contribution in [2.45, 2.75) is 13.1 Å². The summed E-state index contributed by atoms with van der Waals surface area (Å²) in [4.78, 5) is 14.9. The fraction of sp³-hybridized carbons (Fsp3) is 0.0317. The number of rotatable bonds is 6. The molecule has 0 aliphatic rings. The lowest BCUT2D eigenvalue weighted by Crippen LogP contribution is -2.08. The molecule has 0 saturated heterocycles. The van der Waals surface area contributed by atoms with Crippen molar-refractivity contribution in [3.63, 3.8) is 0 Å². The molecular formula is C63H30F3N9. The van der Waals surface area contributed by atoms with Gasteiger partial charge in [0, 0.05) is 49.5 Å². The van der Waals surface area contributed by atoms with Crippen molar-refractivity contribution in [2.24, 2.45) is 0 Å². The molecule has 0 fully saturated rings. The minimum atomic E-state index is -4.69. The van der Waals surface area contributed by atoms with Gasteiger partial charge in [-0.1, -0.05) is 78.9 Å². The standard InChI is InChI=1S/C63H30F3N9/c1-36-11-10-14-51(63(64,65)66)60(36)38-17-23-59(75-56-16-9-7-13-46(56)49-30-40(19-24-58(49)75)62-42(35-69)27-43(70-2)31-54(62)73-5)50(28-38)47-32-44(20-21-52(47)71-3)74-55-15-8-6-12-45(55)48-29-39(18-22-57(48)74)61-41(34-68)25-37(33-67)26-53(61)72-4/h6-32H,1H3. The van der Waals surface area contributed by atoms with Gasteiger partial charge in [-0.05, 0) is 131 Å². The maximum absolute atomic E-state index is 15.0. The quantitative estimate of drug-likeness (QED) is 0.155. The third-order valence-corrected chi connectivity index (χ3v) is 13.6. The van der Waals surface area contributed by atoms with Crippen LogP contribution in [0.4, 0.5) is 35.9 Å². The Bertz CT molecular complexity index is 4570. The number of hydrogen-bond acceptors (Lipinski definition) is 3. The topological polar surface area (TPSA) is 98.7 Å². The average Bonchev–Trinajstić information content (AvgIpc) is 3.95. The van der Waals surface area contributed by atoms with Crippen molar-refractivity contribution in [1.82, 2.24) is 9.13 Å². The van der Waals surface area contributed by atoms with Crippen molar-refractivity contribution < 1.29 is 13.2 Å². The van der Waals surface area contributed by atoms with E-state index >= 15 is 0 Å². The lowest BCUT2D eigenvalue weighted by molar-refractivity contribution is -0.137. The lowest BCUT2D eigenvalue weighted by atomic mass is 9.91. The van der Waals surface area contributed by atoms with Gasteiger partial charge < -0.3 is 9.13 Å².